The van der Waals surface area contributed by atoms with Crippen LogP contribution in [0.4, 0.5) is 0 Å². The summed E-state index contributed by atoms with van der Waals surface area (Å²) in [6.45, 7) is 5.06. The highest BCUT2D eigenvalue weighted by Gasteiger charge is 2.23. The summed E-state index contributed by atoms with van der Waals surface area (Å²) in [6.07, 6.45) is 3.72. The van der Waals surface area contributed by atoms with Gasteiger partial charge in [-0.15, -0.1) is 0 Å². The lowest BCUT2D eigenvalue weighted by Gasteiger charge is -2.31. The van der Waals surface area contributed by atoms with Crippen molar-refractivity contribution in [3.8, 4) is 0 Å². The zero-order chi connectivity index (χ0) is 10.6. The summed E-state index contributed by atoms with van der Waals surface area (Å²) < 4.78 is 0. The molecule has 4 N–H and O–H groups in total. The third kappa shape index (κ3) is 3.54. The normalized spacial score (nSPS) is 34.4. The minimum absolute atomic E-state index is 0.260. The van der Waals surface area contributed by atoms with Gasteiger partial charge in [0.25, 0.3) is 0 Å². The highest BCUT2D eigenvalue weighted by atomic mass is 16.4. The Bertz CT molecular complexity index is 196. The van der Waals surface area contributed by atoms with Gasteiger partial charge in [0.2, 0.25) is 0 Å². The first-order chi connectivity index (χ1) is 6.61. The van der Waals surface area contributed by atoms with Crippen LogP contribution in [0.25, 0.3) is 0 Å². The molecule has 0 saturated heterocycles. The fraction of sp³-hybridized carbons (Fsp3) is 0.900. The van der Waals surface area contributed by atoms with Gasteiger partial charge in [-0.3, -0.25) is 0 Å². The number of nitrogens with zero attached hydrogens (tertiary/aromatic N) is 1. The summed E-state index contributed by atoms with van der Waals surface area (Å²) in [6, 6.07) is 0.522. The van der Waals surface area contributed by atoms with Crippen molar-refractivity contribution in [3.63, 3.8) is 0 Å². The van der Waals surface area contributed by atoms with E-state index in [1.165, 1.54) is 19.3 Å². The Morgan fingerprint density at radius 3 is 2.43 bits per heavy atom. The smallest absolute Gasteiger partial charge is 0.153 e. The van der Waals surface area contributed by atoms with E-state index in [1.807, 2.05) is 0 Å². The zero-order valence-corrected chi connectivity index (χ0v) is 9.03. The van der Waals surface area contributed by atoms with Gasteiger partial charge in [0.1, 0.15) is 0 Å². The average molecular weight is 199 g/mol. The summed E-state index contributed by atoms with van der Waals surface area (Å²) in [5.74, 6) is 1.82. The van der Waals surface area contributed by atoms with Crippen molar-refractivity contribution in [3.05, 3.63) is 0 Å². The van der Waals surface area contributed by atoms with Gasteiger partial charge in [-0.1, -0.05) is 19.0 Å². The number of nitrogens with two attached hydrogens (primary N) is 1. The zero-order valence-electron chi connectivity index (χ0n) is 9.03. The molecular formula is C10H21N3O. The van der Waals surface area contributed by atoms with Gasteiger partial charge >= 0.3 is 0 Å². The van der Waals surface area contributed by atoms with Gasteiger partial charge in [-0.05, 0) is 31.1 Å². The Morgan fingerprint density at radius 1 is 1.36 bits per heavy atom. The monoisotopic (exact) mass is 199 g/mol. The summed E-state index contributed by atoms with van der Waals surface area (Å²) in [5.41, 5.74) is 5.40. The van der Waals surface area contributed by atoms with Crippen molar-refractivity contribution >= 4 is 5.84 Å². The molecule has 4 heteroatoms. The third-order valence-electron chi connectivity index (χ3n) is 2.88. The van der Waals surface area contributed by atoms with E-state index < -0.39 is 0 Å². The van der Waals surface area contributed by atoms with Gasteiger partial charge in [0.05, 0.1) is 6.54 Å². The van der Waals surface area contributed by atoms with Crippen LogP contribution >= 0.6 is 0 Å². The Kier molecular flexibility index (Phi) is 4.20. The van der Waals surface area contributed by atoms with Gasteiger partial charge in [0, 0.05) is 6.04 Å². The number of amidine groups is 1. The fourth-order valence-electron chi connectivity index (χ4n) is 2.40. The molecule has 2 unspecified atom stereocenters. The molecule has 0 aliphatic heterocycles. The summed E-state index contributed by atoms with van der Waals surface area (Å²) in [5, 5.41) is 14.7. The maximum atomic E-state index is 8.39. The Hall–Kier alpha value is -0.770. The van der Waals surface area contributed by atoms with Crippen LogP contribution in [0.1, 0.15) is 33.1 Å². The van der Waals surface area contributed by atoms with Crippen LogP contribution in [0, 0.1) is 11.8 Å². The molecule has 0 amide bonds. The van der Waals surface area contributed by atoms with Crippen LogP contribution < -0.4 is 11.1 Å². The topological polar surface area (TPSA) is 70.6 Å². The molecule has 2 atom stereocenters. The van der Waals surface area contributed by atoms with Crippen molar-refractivity contribution < 1.29 is 5.21 Å². The molecule has 1 saturated carbocycles. The largest absolute Gasteiger partial charge is 0.409 e. The third-order valence-corrected chi connectivity index (χ3v) is 2.88. The molecule has 0 aromatic rings. The quantitative estimate of drug-likeness (QED) is 0.276. The van der Waals surface area contributed by atoms with Crippen molar-refractivity contribution in [1.29, 1.82) is 0 Å². The first-order valence-electron chi connectivity index (χ1n) is 5.31. The minimum atomic E-state index is 0.260. The molecule has 4 nitrogen and oxygen atoms in total. The molecule has 82 valence electrons. The number of oxime groups is 1. The SMILES string of the molecule is CC1CC(C)CC(NCC(N)=NO)C1. The summed E-state index contributed by atoms with van der Waals surface area (Å²) >= 11 is 0. The van der Waals surface area contributed by atoms with Crippen molar-refractivity contribution in [2.24, 2.45) is 22.7 Å². The van der Waals surface area contributed by atoms with Crippen LogP contribution in [0.3, 0.4) is 0 Å². The minimum Gasteiger partial charge on any atom is -0.409 e. The number of hydrogen-bond acceptors (Lipinski definition) is 3. The molecular weight excluding hydrogens is 178 g/mol. The van der Waals surface area contributed by atoms with Crippen LogP contribution in [-0.4, -0.2) is 23.6 Å². The van der Waals surface area contributed by atoms with E-state index in [1.54, 1.807) is 0 Å². The number of nitrogens with one attached hydrogen (secondary N) is 1. The van der Waals surface area contributed by atoms with Gasteiger partial charge in [0.15, 0.2) is 5.84 Å². The molecule has 0 bridgehead atoms. The molecule has 1 rings (SSSR count). The van der Waals surface area contributed by atoms with E-state index in [0.717, 1.165) is 11.8 Å². The second kappa shape index (κ2) is 5.20. The first-order valence-corrected chi connectivity index (χ1v) is 5.31. The van der Waals surface area contributed by atoms with Crippen LogP contribution in [0.15, 0.2) is 5.16 Å². The predicted molar refractivity (Wildman–Crippen MR) is 57.4 cm³/mol. The van der Waals surface area contributed by atoms with Crippen molar-refractivity contribution in [2.75, 3.05) is 6.54 Å². The lowest BCUT2D eigenvalue weighted by atomic mass is 9.80. The second-order valence-electron chi connectivity index (χ2n) is 4.59. The molecule has 0 spiro atoms. The average Bonchev–Trinajstić information content (AvgIpc) is 2.12. The predicted octanol–water partition coefficient (Wildman–Crippen LogP) is 1.15. The Morgan fingerprint density at radius 2 is 1.93 bits per heavy atom. The van der Waals surface area contributed by atoms with Crippen LogP contribution in [0.2, 0.25) is 0 Å². The van der Waals surface area contributed by atoms with E-state index in [0.29, 0.717) is 12.6 Å². The highest BCUT2D eigenvalue weighted by molar-refractivity contribution is 5.81. The second-order valence-corrected chi connectivity index (χ2v) is 4.59. The first kappa shape index (κ1) is 11.3. The van der Waals surface area contributed by atoms with Crippen LogP contribution in [-0.2, 0) is 0 Å². The van der Waals surface area contributed by atoms with Crippen LogP contribution in [0.5, 0.6) is 0 Å². The van der Waals surface area contributed by atoms with Gasteiger partial charge in [-0.2, -0.15) is 0 Å². The van der Waals surface area contributed by atoms with E-state index in [9.17, 15) is 0 Å². The molecule has 0 aromatic carbocycles. The highest BCUT2D eigenvalue weighted by Crippen LogP contribution is 2.28. The standard InChI is InChI=1S/C10H21N3O/c1-7-3-8(2)5-9(4-7)12-6-10(11)13-14/h7-9,12,14H,3-6H2,1-2H3,(H2,11,13). The molecule has 14 heavy (non-hydrogen) atoms. The molecule has 0 radical (unpaired) electrons. The maximum Gasteiger partial charge on any atom is 0.153 e. The summed E-state index contributed by atoms with van der Waals surface area (Å²) in [7, 11) is 0. The molecule has 0 heterocycles. The Labute approximate surface area is 85.6 Å². The summed E-state index contributed by atoms with van der Waals surface area (Å²) in [4.78, 5) is 0. The fourth-order valence-corrected chi connectivity index (χ4v) is 2.40. The van der Waals surface area contributed by atoms with E-state index >= 15 is 0 Å². The maximum absolute atomic E-state index is 8.39. The van der Waals surface area contributed by atoms with Crippen molar-refractivity contribution in [2.45, 2.75) is 39.2 Å². The van der Waals surface area contributed by atoms with Crippen molar-refractivity contribution in [1.82, 2.24) is 5.32 Å². The molecule has 0 aromatic heterocycles. The lowest BCUT2D eigenvalue weighted by molar-refractivity contribution is 0.243. The molecule has 1 aliphatic carbocycles. The van der Waals surface area contributed by atoms with E-state index in [-0.39, 0.29) is 5.84 Å². The Balaban J connectivity index is 2.30. The van der Waals surface area contributed by atoms with E-state index in [2.05, 4.69) is 24.3 Å². The van der Waals surface area contributed by atoms with E-state index in [4.69, 9.17) is 10.9 Å². The molecule has 1 aliphatic rings. The number of hydrogen-bond donors (Lipinski definition) is 3. The van der Waals surface area contributed by atoms with Gasteiger partial charge < -0.3 is 16.3 Å². The number of rotatable bonds is 3. The lowest BCUT2D eigenvalue weighted by Crippen LogP contribution is -2.40. The molecule has 1 fully saturated rings. The van der Waals surface area contributed by atoms with Gasteiger partial charge in [-0.25, -0.2) is 0 Å².